The Labute approximate surface area is 57.4 Å². The van der Waals surface area contributed by atoms with Crippen LogP contribution in [0.2, 0.25) is 0 Å². The molecular formula is C5H5NO2S. The highest BCUT2D eigenvalue weighted by molar-refractivity contribution is 7.82. The van der Waals surface area contributed by atoms with Crippen LogP contribution in [-0.4, -0.2) is 16.7 Å². The number of carbonyl (C=O) groups is 2. The van der Waals surface area contributed by atoms with E-state index in [2.05, 4.69) is 17.5 Å². The van der Waals surface area contributed by atoms with Crippen molar-refractivity contribution in [3.05, 3.63) is 0 Å². The van der Waals surface area contributed by atoms with Crippen molar-refractivity contribution in [3.63, 3.8) is 0 Å². The monoisotopic (exact) mass is 143 g/mol. The van der Waals surface area contributed by atoms with Crippen molar-refractivity contribution in [2.45, 2.75) is 12.8 Å². The lowest BCUT2D eigenvalue weighted by molar-refractivity contribution is -0.128. The van der Waals surface area contributed by atoms with Gasteiger partial charge in [0.1, 0.15) is 0 Å². The summed E-state index contributed by atoms with van der Waals surface area (Å²) in [6.07, 6.45) is 0.782. The van der Waals surface area contributed by atoms with Gasteiger partial charge in [-0.05, 0) is 6.42 Å². The summed E-state index contributed by atoms with van der Waals surface area (Å²) in [6, 6.07) is 0. The van der Waals surface area contributed by atoms with E-state index >= 15 is 0 Å². The number of imide groups is 1. The molecule has 0 saturated carbocycles. The minimum atomic E-state index is -0.402. The molecule has 2 amide bonds. The second-order valence-corrected chi connectivity index (χ2v) is 2.29. The summed E-state index contributed by atoms with van der Waals surface area (Å²) in [5.41, 5.74) is 0. The summed E-state index contributed by atoms with van der Waals surface area (Å²) in [5, 5.41) is 2.11. The van der Waals surface area contributed by atoms with Gasteiger partial charge >= 0.3 is 0 Å². The number of hydrogen-bond donors (Lipinski definition) is 1. The normalized spacial score (nSPS) is 19.8. The number of piperidine rings is 1. The van der Waals surface area contributed by atoms with E-state index in [0.717, 1.165) is 0 Å². The topological polar surface area (TPSA) is 46.2 Å². The number of thiocarbonyl (C=S) groups is 1. The first-order valence-corrected chi connectivity index (χ1v) is 2.98. The molecule has 0 radical (unpaired) electrons. The molecule has 0 bridgehead atoms. The van der Waals surface area contributed by atoms with E-state index in [1.165, 1.54) is 0 Å². The zero-order valence-corrected chi connectivity index (χ0v) is 5.46. The van der Waals surface area contributed by atoms with Crippen molar-refractivity contribution in [1.29, 1.82) is 0 Å². The molecule has 0 aliphatic carbocycles. The van der Waals surface area contributed by atoms with Crippen molar-refractivity contribution in [1.82, 2.24) is 5.32 Å². The molecule has 0 aromatic rings. The molecule has 0 unspecified atom stereocenters. The molecule has 0 atom stereocenters. The summed E-state index contributed by atoms with van der Waals surface area (Å²) >= 11 is 4.62. The number of amides is 2. The van der Waals surface area contributed by atoms with E-state index in [0.29, 0.717) is 17.7 Å². The van der Waals surface area contributed by atoms with Crippen molar-refractivity contribution in [2.75, 3.05) is 0 Å². The number of carbonyl (C=O) groups excluding carboxylic acids is 2. The molecule has 9 heavy (non-hydrogen) atoms. The molecule has 1 saturated heterocycles. The first-order valence-electron chi connectivity index (χ1n) is 2.57. The van der Waals surface area contributed by atoms with Crippen LogP contribution in [0.1, 0.15) is 12.8 Å². The maximum Gasteiger partial charge on any atom is 0.264 e. The van der Waals surface area contributed by atoms with Crippen molar-refractivity contribution >= 4 is 28.9 Å². The standard InChI is InChI=1S/C5H5NO2S/c7-4-2-1-3(9)5(8)6-4/h1-2H2,(H,6,7,8). The second-order valence-electron chi connectivity index (χ2n) is 1.80. The molecule has 1 fully saturated rings. The maximum absolute atomic E-state index is 10.5. The highest BCUT2D eigenvalue weighted by atomic mass is 32.1. The molecule has 48 valence electrons. The lowest BCUT2D eigenvalue weighted by Crippen LogP contribution is -2.40. The SMILES string of the molecule is O=C1CCC(=S)C(=O)N1. The predicted octanol–water partition coefficient (Wildman–Crippen LogP) is -0.207. The first-order chi connectivity index (χ1) is 4.20. The van der Waals surface area contributed by atoms with Gasteiger partial charge in [-0.15, -0.1) is 0 Å². The van der Waals surface area contributed by atoms with Gasteiger partial charge in [-0.25, -0.2) is 0 Å². The van der Waals surface area contributed by atoms with Crippen LogP contribution in [0.3, 0.4) is 0 Å². The van der Waals surface area contributed by atoms with E-state index in [1.807, 2.05) is 0 Å². The predicted molar refractivity (Wildman–Crippen MR) is 35.0 cm³/mol. The van der Waals surface area contributed by atoms with Gasteiger partial charge in [0.25, 0.3) is 5.91 Å². The smallest absolute Gasteiger partial charge is 0.264 e. The molecule has 1 rings (SSSR count). The second kappa shape index (κ2) is 2.23. The van der Waals surface area contributed by atoms with E-state index in [9.17, 15) is 9.59 Å². The lowest BCUT2D eigenvalue weighted by atomic mass is 10.1. The van der Waals surface area contributed by atoms with Crippen LogP contribution in [0, 0.1) is 0 Å². The Kier molecular flexibility index (Phi) is 1.57. The Hall–Kier alpha value is -0.770. The van der Waals surface area contributed by atoms with Crippen LogP contribution in [-0.2, 0) is 9.59 Å². The summed E-state index contributed by atoms with van der Waals surface area (Å²) in [6.45, 7) is 0. The number of hydrogen-bond acceptors (Lipinski definition) is 3. The Balaban J connectivity index is 2.64. The average Bonchev–Trinajstić information content (AvgIpc) is 1.80. The molecular weight excluding hydrogens is 138 g/mol. The van der Waals surface area contributed by atoms with E-state index < -0.39 is 5.91 Å². The van der Waals surface area contributed by atoms with Gasteiger partial charge in [0.05, 0.1) is 4.86 Å². The minimum Gasteiger partial charge on any atom is -0.292 e. The van der Waals surface area contributed by atoms with Gasteiger partial charge in [0, 0.05) is 6.42 Å². The lowest BCUT2D eigenvalue weighted by Gasteiger charge is -2.09. The van der Waals surface area contributed by atoms with Crippen LogP contribution >= 0.6 is 12.2 Å². The van der Waals surface area contributed by atoms with E-state index in [1.54, 1.807) is 0 Å². The zero-order valence-electron chi connectivity index (χ0n) is 4.64. The minimum absolute atomic E-state index is 0.228. The highest BCUT2D eigenvalue weighted by Crippen LogP contribution is 1.99. The Morgan fingerprint density at radius 1 is 1.33 bits per heavy atom. The Morgan fingerprint density at radius 2 is 2.00 bits per heavy atom. The van der Waals surface area contributed by atoms with E-state index in [4.69, 9.17) is 0 Å². The molecule has 3 nitrogen and oxygen atoms in total. The quantitative estimate of drug-likeness (QED) is 0.377. The van der Waals surface area contributed by atoms with Crippen LogP contribution in [0.4, 0.5) is 0 Å². The fourth-order valence-corrected chi connectivity index (χ4v) is 0.753. The van der Waals surface area contributed by atoms with Crippen LogP contribution in [0.15, 0.2) is 0 Å². The van der Waals surface area contributed by atoms with Crippen LogP contribution in [0.5, 0.6) is 0 Å². The zero-order chi connectivity index (χ0) is 6.85. The molecule has 1 aliphatic rings. The van der Waals surface area contributed by atoms with E-state index in [-0.39, 0.29) is 5.91 Å². The molecule has 1 N–H and O–H groups in total. The third-order valence-electron chi connectivity index (χ3n) is 1.09. The molecule has 0 aromatic heterocycles. The third-order valence-corrected chi connectivity index (χ3v) is 1.47. The first kappa shape index (κ1) is 6.35. The van der Waals surface area contributed by atoms with Gasteiger partial charge in [0.15, 0.2) is 0 Å². The number of rotatable bonds is 0. The van der Waals surface area contributed by atoms with Crippen LogP contribution < -0.4 is 5.32 Å². The fraction of sp³-hybridized carbons (Fsp3) is 0.400. The molecule has 1 heterocycles. The molecule has 0 aromatic carbocycles. The Bertz CT molecular complexity index is 187. The summed E-state index contributed by atoms with van der Waals surface area (Å²) in [4.78, 5) is 21.3. The molecule has 4 heteroatoms. The van der Waals surface area contributed by atoms with Crippen molar-refractivity contribution < 1.29 is 9.59 Å². The van der Waals surface area contributed by atoms with Gasteiger partial charge in [0.2, 0.25) is 5.91 Å². The molecule has 1 aliphatic heterocycles. The van der Waals surface area contributed by atoms with Gasteiger partial charge in [-0.2, -0.15) is 0 Å². The van der Waals surface area contributed by atoms with Gasteiger partial charge in [-0.3, -0.25) is 14.9 Å². The summed E-state index contributed by atoms with van der Waals surface area (Å²) in [5.74, 6) is -0.630. The fourth-order valence-electron chi connectivity index (χ4n) is 0.599. The summed E-state index contributed by atoms with van der Waals surface area (Å²) in [7, 11) is 0. The van der Waals surface area contributed by atoms with Crippen LogP contribution in [0.25, 0.3) is 0 Å². The van der Waals surface area contributed by atoms with Crippen molar-refractivity contribution in [2.24, 2.45) is 0 Å². The van der Waals surface area contributed by atoms with Crippen molar-refractivity contribution in [3.8, 4) is 0 Å². The van der Waals surface area contributed by atoms with Gasteiger partial charge < -0.3 is 0 Å². The molecule has 0 spiro atoms. The third kappa shape index (κ3) is 1.32. The largest absolute Gasteiger partial charge is 0.292 e. The Morgan fingerprint density at radius 3 is 2.44 bits per heavy atom. The van der Waals surface area contributed by atoms with Gasteiger partial charge in [-0.1, -0.05) is 12.2 Å². The highest BCUT2D eigenvalue weighted by Gasteiger charge is 2.19. The maximum atomic E-state index is 10.5. The average molecular weight is 143 g/mol. The summed E-state index contributed by atoms with van der Waals surface area (Å²) < 4.78 is 0. The number of nitrogens with one attached hydrogen (secondary N) is 1.